The maximum Gasteiger partial charge on any atom is 0.340 e. The average molecular weight is 330 g/mol. The number of nitrogens with zero attached hydrogens (tertiary/aromatic N) is 1. The Morgan fingerprint density at radius 2 is 1.76 bits per heavy atom. The lowest BCUT2D eigenvalue weighted by Crippen LogP contribution is -2.01. The number of aromatic nitrogens is 2. The molecule has 1 N–H and O–H groups in total. The van der Waals surface area contributed by atoms with E-state index < -0.39 is 0 Å². The SMILES string of the molecule is COC(=O)c1c[nH]cc1-c1cn(Cc2ccccc2)c2ccccc12. The molecule has 0 unspecified atom stereocenters. The molecule has 0 aliphatic heterocycles. The van der Waals surface area contributed by atoms with E-state index in [9.17, 15) is 4.79 Å². The molecule has 4 nitrogen and oxygen atoms in total. The third-order valence-electron chi connectivity index (χ3n) is 4.43. The number of carbonyl (C=O) groups is 1. The van der Waals surface area contributed by atoms with Gasteiger partial charge in [0.2, 0.25) is 0 Å². The lowest BCUT2D eigenvalue weighted by Gasteiger charge is -2.05. The molecule has 0 saturated carbocycles. The van der Waals surface area contributed by atoms with Crippen LogP contribution in [0.4, 0.5) is 0 Å². The number of fused-ring (bicyclic) bond motifs is 1. The van der Waals surface area contributed by atoms with E-state index in [4.69, 9.17) is 4.74 Å². The highest BCUT2D eigenvalue weighted by atomic mass is 16.5. The molecule has 0 bridgehead atoms. The molecule has 4 aromatic rings. The van der Waals surface area contributed by atoms with Crippen molar-refractivity contribution in [3.8, 4) is 11.1 Å². The zero-order valence-corrected chi connectivity index (χ0v) is 13.9. The van der Waals surface area contributed by atoms with Crippen LogP contribution in [0.15, 0.2) is 73.2 Å². The van der Waals surface area contributed by atoms with Crippen LogP contribution in [-0.2, 0) is 11.3 Å². The summed E-state index contributed by atoms with van der Waals surface area (Å²) in [5.41, 5.74) is 4.79. The van der Waals surface area contributed by atoms with Gasteiger partial charge in [0.1, 0.15) is 0 Å². The van der Waals surface area contributed by atoms with Gasteiger partial charge >= 0.3 is 5.97 Å². The number of rotatable bonds is 4. The number of para-hydroxylation sites is 1. The Hall–Kier alpha value is -3.27. The largest absolute Gasteiger partial charge is 0.465 e. The predicted molar refractivity (Wildman–Crippen MR) is 98.6 cm³/mol. The van der Waals surface area contributed by atoms with Gasteiger partial charge in [0.15, 0.2) is 0 Å². The molecule has 0 aliphatic carbocycles. The van der Waals surface area contributed by atoms with Crippen LogP contribution in [0.25, 0.3) is 22.0 Å². The van der Waals surface area contributed by atoms with Gasteiger partial charge in [-0.2, -0.15) is 0 Å². The molecular weight excluding hydrogens is 312 g/mol. The summed E-state index contributed by atoms with van der Waals surface area (Å²) in [5.74, 6) is -0.337. The van der Waals surface area contributed by atoms with Crippen molar-refractivity contribution >= 4 is 16.9 Å². The predicted octanol–water partition coefficient (Wildman–Crippen LogP) is 4.47. The van der Waals surface area contributed by atoms with Crippen molar-refractivity contribution in [1.29, 1.82) is 0 Å². The molecular formula is C21H18N2O2. The normalized spacial score (nSPS) is 10.9. The highest BCUT2D eigenvalue weighted by molar-refractivity contribution is 6.03. The first-order chi connectivity index (χ1) is 12.3. The number of ether oxygens (including phenoxy) is 1. The van der Waals surface area contributed by atoms with E-state index in [2.05, 4.69) is 40.0 Å². The molecule has 0 radical (unpaired) electrons. The third-order valence-corrected chi connectivity index (χ3v) is 4.43. The highest BCUT2D eigenvalue weighted by Gasteiger charge is 2.18. The van der Waals surface area contributed by atoms with Gasteiger partial charge in [0, 0.05) is 47.2 Å². The van der Waals surface area contributed by atoms with Gasteiger partial charge in [-0.15, -0.1) is 0 Å². The monoisotopic (exact) mass is 330 g/mol. The average Bonchev–Trinajstić information content (AvgIpc) is 3.27. The van der Waals surface area contributed by atoms with Crippen molar-refractivity contribution in [3.05, 3.63) is 84.3 Å². The Labute approximate surface area is 145 Å². The summed E-state index contributed by atoms with van der Waals surface area (Å²) in [5, 5.41) is 1.11. The molecule has 0 spiro atoms. The van der Waals surface area contributed by atoms with Gasteiger partial charge in [-0.1, -0.05) is 48.5 Å². The van der Waals surface area contributed by atoms with Gasteiger partial charge in [0.25, 0.3) is 0 Å². The number of H-pyrrole nitrogens is 1. The zero-order valence-electron chi connectivity index (χ0n) is 13.9. The highest BCUT2D eigenvalue weighted by Crippen LogP contribution is 2.33. The summed E-state index contributed by atoms with van der Waals surface area (Å²) in [4.78, 5) is 15.1. The molecule has 0 aliphatic rings. The zero-order chi connectivity index (χ0) is 17.2. The number of esters is 1. The van der Waals surface area contributed by atoms with Crippen LogP contribution in [0.3, 0.4) is 0 Å². The van der Waals surface area contributed by atoms with Crippen molar-refractivity contribution < 1.29 is 9.53 Å². The summed E-state index contributed by atoms with van der Waals surface area (Å²) in [6, 6.07) is 18.6. The number of methoxy groups -OCH3 is 1. The number of benzene rings is 2. The quantitative estimate of drug-likeness (QED) is 0.561. The second kappa shape index (κ2) is 6.32. The minimum atomic E-state index is -0.337. The summed E-state index contributed by atoms with van der Waals surface area (Å²) >= 11 is 0. The van der Waals surface area contributed by atoms with Crippen LogP contribution in [0.5, 0.6) is 0 Å². The first-order valence-corrected chi connectivity index (χ1v) is 8.15. The maximum atomic E-state index is 12.1. The van der Waals surface area contributed by atoms with E-state index in [-0.39, 0.29) is 5.97 Å². The Balaban J connectivity index is 1.86. The third kappa shape index (κ3) is 2.72. The van der Waals surface area contributed by atoms with Crippen LogP contribution < -0.4 is 0 Å². The molecule has 0 atom stereocenters. The van der Waals surface area contributed by atoms with Crippen LogP contribution in [0.1, 0.15) is 15.9 Å². The van der Waals surface area contributed by atoms with E-state index in [1.807, 2.05) is 36.5 Å². The van der Waals surface area contributed by atoms with Crippen LogP contribution in [0.2, 0.25) is 0 Å². The molecule has 4 heteroatoms. The topological polar surface area (TPSA) is 47.0 Å². The molecule has 2 aromatic heterocycles. The Bertz CT molecular complexity index is 1030. The van der Waals surface area contributed by atoms with Crippen molar-refractivity contribution in [2.24, 2.45) is 0 Å². The van der Waals surface area contributed by atoms with Gasteiger partial charge in [0.05, 0.1) is 12.7 Å². The van der Waals surface area contributed by atoms with E-state index >= 15 is 0 Å². The standard InChI is InChI=1S/C21H18N2O2/c1-25-21(24)18-12-22-11-17(18)19-14-23(13-15-7-3-2-4-8-15)20-10-6-5-9-16(19)20/h2-12,14,22H,13H2,1H3. The van der Waals surface area contributed by atoms with Gasteiger partial charge in [-0.3, -0.25) is 0 Å². The Morgan fingerprint density at radius 1 is 1.00 bits per heavy atom. The fraction of sp³-hybridized carbons (Fsp3) is 0.0952. The number of carbonyl (C=O) groups excluding carboxylic acids is 1. The van der Waals surface area contributed by atoms with Crippen LogP contribution >= 0.6 is 0 Å². The lowest BCUT2D eigenvalue weighted by atomic mass is 10.0. The summed E-state index contributed by atoms with van der Waals surface area (Å²) in [6.45, 7) is 0.777. The molecule has 124 valence electrons. The minimum Gasteiger partial charge on any atom is -0.465 e. The maximum absolute atomic E-state index is 12.1. The number of nitrogens with one attached hydrogen (secondary N) is 1. The first kappa shape index (κ1) is 15.3. The van der Waals surface area contributed by atoms with E-state index in [1.54, 1.807) is 6.20 Å². The summed E-state index contributed by atoms with van der Waals surface area (Å²) in [6.07, 6.45) is 5.64. The van der Waals surface area contributed by atoms with Crippen LogP contribution in [0, 0.1) is 0 Å². The summed E-state index contributed by atoms with van der Waals surface area (Å²) in [7, 11) is 1.40. The second-order valence-corrected chi connectivity index (χ2v) is 5.95. The molecule has 0 saturated heterocycles. The second-order valence-electron chi connectivity index (χ2n) is 5.95. The number of hydrogen-bond acceptors (Lipinski definition) is 2. The van der Waals surface area contributed by atoms with E-state index in [0.29, 0.717) is 5.56 Å². The van der Waals surface area contributed by atoms with E-state index in [0.717, 1.165) is 28.6 Å². The molecule has 0 fully saturated rings. The molecule has 2 heterocycles. The Morgan fingerprint density at radius 3 is 2.56 bits per heavy atom. The fourth-order valence-electron chi connectivity index (χ4n) is 3.24. The van der Waals surface area contributed by atoms with Crippen molar-refractivity contribution in [2.45, 2.75) is 6.54 Å². The molecule has 25 heavy (non-hydrogen) atoms. The van der Waals surface area contributed by atoms with Crippen molar-refractivity contribution in [3.63, 3.8) is 0 Å². The Kier molecular flexibility index (Phi) is 3.86. The minimum absolute atomic E-state index is 0.337. The molecule has 0 amide bonds. The van der Waals surface area contributed by atoms with Crippen molar-refractivity contribution in [2.75, 3.05) is 7.11 Å². The van der Waals surface area contributed by atoms with E-state index in [1.165, 1.54) is 12.7 Å². The molecule has 4 rings (SSSR count). The van der Waals surface area contributed by atoms with Gasteiger partial charge in [-0.05, 0) is 11.6 Å². The molecule has 2 aromatic carbocycles. The van der Waals surface area contributed by atoms with Crippen LogP contribution in [-0.4, -0.2) is 22.6 Å². The smallest absolute Gasteiger partial charge is 0.340 e. The summed E-state index contributed by atoms with van der Waals surface area (Å²) < 4.78 is 7.12. The lowest BCUT2D eigenvalue weighted by molar-refractivity contribution is 0.0602. The fourth-order valence-corrected chi connectivity index (χ4v) is 3.24. The first-order valence-electron chi connectivity index (χ1n) is 8.15. The van der Waals surface area contributed by atoms with Gasteiger partial charge < -0.3 is 14.3 Å². The van der Waals surface area contributed by atoms with Gasteiger partial charge in [-0.25, -0.2) is 4.79 Å². The number of hydrogen-bond donors (Lipinski definition) is 1. The van der Waals surface area contributed by atoms with Crippen molar-refractivity contribution in [1.82, 2.24) is 9.55 Å². The number of aromatic amines is 1.